The van der Waals surface area contributed by atoms with Gasteiger partial charge >= 0.3 is 0 Å². The van der Waals surface area contributed by atoms with Gasteiger partial charge in [0.1, 0.15) is 0 Å². The number of ketones is 1. The Morgan fingerprint density at radius 1 is 0.741 bits per heavy atom. The highest BCUT2D eigenvalue weighted by Gasteiger charge is 2.27. The number of nitrogens with zero attached hydrogens (tertiary/aromatic N) is 2. The zero-order valence-corrected chi connectivity index (χ0v) is 15.8. The lowest BCUT2D eigenvalue weighted by atomic mass is 10.0. The van der Waals surface area contributed by atoms with Crippen LogP contribution in [0.4, 0.5) is 0 Å². The zero-order chi connectivity index (χ0) is 18.4. The third kappa shape index (κ3) is 2.69. The number of carbonyl (C=O) groups excluding carboxylic acids is 1. The smallest absolute Gasteiger partial charge is 0.186 e. The number of hydrogen-bond acceptors (Lipinski definition) is 3. The first-order valence-corrected chi connectivity index (χ1v) is 9.38. The minimum Gasteiger partial charge on any atom is -0.289 e. The highest BCUT2D eigenvalue weighted by molar-refractivity contribution is 9.10. The molecule has 0 aliphatic heterocycles. The predicted molar refractivity (Wildman–Crippen MR) is 111 cm³/mol. The Labute approximate surface area is 164 Å². The van der Waals surface area contributed by atoms with Gasteiger partial charge in [-0.2, -0.15) is 0 Å². The maximum absolute atomic E-state index is 12.9. The summed E-state index contributed by atoms with van der Waals surface area (Å²) in [5.41, 5.74) is 6.75. The molecule has 0 saturated heterocycles. The first-order chi connectivity index (χ1) is 13.2. The molecule has 1 aromatic heterocycles. The summed E-state index contributed by atoms with van der Waals surface area (Å²) in [6, 6.07) is 23.2. The van der Waals surface area contributed by atoms with Crippen LogP contribution in [0.2, 0.25) is 0 Å². The van der Waals surface area contributed by atoms with Gasteiger partial charge in [-0.25, -0.2) is 9.97 Å². The van der Waals surface area contributed by atoms with Crippen molar-refractivity contribution in [2.24, 2.45) is 0 Å². The Balaban J connectivity index is 1.72. The summed E-state index contributed by atoms with van der Waals surface area (Å²) in [5, 5.41) is 0. The Morgan fingerprint density at radius 2 is 1.33 bits per heavy atom. The minimum atomic E-state index is -0.0462. The molecule has 0 atom stereocenters. The maximum atomic E-state index is 12.9. The van der Waals surface area contributed by atoms with E-state index < -0.39 is 0 Å². The molecule has 3 nitrogen and oxygen atoms in total. The number of para-hydroxylation sites is 2. The third-order valence-electron chi connectivity index (χ3n) is 4.70. The van der Waals surface area contributed by atoms with Gasteiger partial charge in [0, 0.05) is 21.2 Å². The van der Waals surface area contributed by atoms with Crippen molar-refractivity contribution in [2.45, 2.75) is 0 Å². The van der Waals surface area contributed by atoms with E-state index in [1.54, 1.807) is 6.08 Å². The summed E-state index contributed by atoms with van der Waals surface area (Å²) in [6.45, 7) is 0. The average molecular weight is 413 g/mol. The number of allylic oxidation sites excluding steroid dienone is 1. The third-order valence-corrected chi connectivity index (χ3v) is 5.23. The van der Waals surface area contributed by atoms with Crippen molar-refractivity contribution >= 4 is 38.3 Å². The van der Waals surface area contributed by atoms with Crippen molar-refractivity contribution in [1.29, 1.82) is 0 Å². The number of aromatic nitrogens is 2. The summed E-state index contributed by atoms with van der Waals surface area (Å²) in [4.78, 5) is 22.5. The summed E-state index contributed by atoms with van der Waals surface area (Å²) in [7, 11) is 0. The van der Waals surface area contributed by atoms with Gasteiger partial charge in [-0.15, -0.1) is 0 Å². The number of carbonyl (C=O) groups is 1. The largest absolute Gasteiger partial charge is 0.289 e. The van der Waals surface area contributed by atoms with Crippen LogP contribution in [0.1, 0.15) is 21.6 Å². The molecule has 0 unspecified atom stereocenters. The second-order valence-corrected chi connectivity index (χ2v) is 7.30. The van der Waals surface area contributed by atoms with Gasteiger partial charge in [0.05, 0.1) is 22.4 Å². The predicted octanol–water partition coefficient (Wildman–Crippen LogP) is 5.69. The van der Waals surface area contributed by atoms with Gasteiger partial charge in [0.15, 0.2) is 5.78 Å². The van der Waals surface area contributed by atoms with E-state index in [1.165, 1.54) is 0 Å². The molecule has 1 heterocycles. The van der Waals surface area contributed by atoms with Crippen molar-refractivity contribution in [3.63, 3.8) is 0 Å². The Kier molecular flexibility index (Phi) is 3.73. The van der Waals surface area contributed by atoms with Crippen LogP contribution >= 0.6 is 15.9 Å². The molecule has 27 heavy (non-hydrogen) atoms. The van der Waals surface area contributed by atoms with Crippen molar-refractivity contribution in [3.8, 4) is 11.3 Å². The standard InChI is InChI=1S/C23H13BrN2O/c24-15-11-9-14(10-12-15)21(27)13-18-16-5-1-2-6-17(16)22-23(18)26-20-8-4-3-7-19(20)25-22/h1-13H/b18-13-. The van der Waals surface area contributed by atoms with Crippen molar-refractivity contribution in [2.75, 3.05) is 0 Å². The second kappa shape index (κ2) is 6.25. The molecule has 1 aliphatic carbocycles. The van der Waals surface area contributed by atoms with Crippen LogP contribution in [0.5, 0.6) is 0 Å². The molecule has 0 radical (unpaired) electrons. The molecule has 0 amide bonds. The topological polar surface area (TPSA) is 42.9 Å². The highest BCUT2D eigenvalue weighted by atomic mass is 79.9. The van der Waals surface area contributed by atoms with E-state index in [0.717, 1.165) is 43.6 Å². The second-order valence-electron chi connectivity index (χ2n) is 6.38. The van der Waals surface area contributed by atoms with E-state index >= 15 is 0 Å². The van der Waals surface area contributed by atoms with Gasteiger partial charge in [0.25, 0.3) is 0 Å². The summed E-state index contributed by atoms with van der Waals surface area (Å²) in [5.74, 6) is -0.0462. The Bertz CT molecular complexity index is 1240. The van der Waals surface area contributed by atoms with Gasteiger partial charge in [0.2, 0.25) is 0 Å². The molecule has 5 rings (SSSR count). The van der Waals surface area contributed by atoms with Gasteiger partial charge in [-0.05, 0) is 48.0 Å². The summed E-state index contributed by atoms with van der Waals surface area (Å²) < 4.78 is 0.945. The number of fused-ring (bicyclic) bond motifs is 4. The molecule has 4 aromatic rings. The fourth-order valence-corrected chi connectivity index (χ4v) is 3.67. The molecule has 0 saturated carbocycles. The lowest BCUT2D eigenvalue weighted by Gasteiger charge is -2.04. The van der Waals surface area contributed by atoms with Crippen molar-refractivity contribution in [3.05, 3.63) is 100 Å². The molecule has 0 N–H and O–H groups in total. The summed E-state index contributed by atoms with van der Waals surface area (Å²) >= 11 is 3.40. The minimum absolute atomic E-state index is 0.0462. The molecule has 4 heteroatoms. The van der Waals surface area contributed by atoms with Crippen LogP contribution in [0.3, 0.4) is 0 Å². The van der Waals surface area contributed by atoms with Crippen LogP contribution in [0, 0.1) is 0 Å². The average Bonchev–Trinajstić information content (AvgIpc) is 3.00. The first kappa shape index (κ1) is 16.1. The van der Waals surface area contributed by atoms with E-state index in [4.69, 9.17) is 9.97 Å². The van der Waals surface area contributed by atoms with Gasteiger partial charge < -0.3 is 0 Å². The number of benzene rings is 3. The van der Waals surface area contributed by atoms with Crippen molar-refractivity contribution < 1.29 is 4.79 Å². The van der Waals surface area contributed by atoms with E-state index in [9.17, 15) is 4.79 Å². The van der Waals surface area contributed by atoms with Gasteiger partial charge in [-0.1, -0.05) is 52.3 Å². The normalized spacial score (nSPS) is 13.6. The fraction of sp³-hybridized carbons (Fsp3) is 0. The molecule has 0 bridgehead atoms. The Morgan fingerprint density at radius 3 is 2.04 bits per heavy atom. The van der Waals surface area contributed by atoms with E-state index in [1.807, 2.05) is 72.8 Å². The maximum Gasteiger partial charge on any atom is 0.186 e. The van der Waals surface area contributed by atoms with Crippen LogP contribution < -0.4 is 0 Å². The monoisotopic (exact) mass is 412 g/mol. The molecular weight excluding hydrogens is 400 g/mol. The lowest BCUT2D eigenvalue weighted by molar-refractivity contribution is 0.104. The quantitative estimate of drug-likeness (QED) is 0.276. The van der Waals surface area contributed by atoms with E-state index in [2.05, 4.69) is 15.9 Å². The first-order valence-electron chi connectivity index (χ1n) is 8.59. The number of halogens is 1. The van der Waals surface area contributed by atoms with Gasteiger partial charge in [-0.3, -0.25) is 4.79 Å². The van der Waals surface area contributed by atoms with Crippen LogP contribution in [-0.4, -0.2) is 15.8 Å². The SMILES string of the molecule is O=C(/C=C1/c2ccccc2-c2nc3ccccc3nc21)c1ccc(Br)cc1. The fourth-order valence-electron chi connectivity index (χ4n) is 3.40. The highest BCUT2D eigenvalue weighted by Crippen LogP contribution is 2.42. The van der Waals surface area contributed by atoms with Crippen LogP contribution in [-0.2, 0) is 0 Å². The molecule has 0 fully saturated rings. The lowest BCUT2D eigenvalue weighted by Crippen LogP contribution is -1.98. The van der Waals surface area contributed by atoms with Crippen LogP contribution in [0.15, 0.2) is 83.3 Å². The zero-order valence-electron chi connectivity index (χ0n) is 14.2. The molecule has 128 valence electrons. The molecule has 3 aromatic carbocycles. The molecular formula is C23H13BrN2O. The summed E-state index contributed by atoms with van der Waals surface area (Å²) in [6.07, 6.45) is 1.68. The van der Waals surface area contributed by atoms with E-state index in [-0.39, 0.29) is 5.78 Å². The Hall–Kier alpha value is -3.11. The molecule has 0 spiro atoms. The number of hydrogen-bond donors (Lipinski definition) is 0. The van der Waals surface area contributed by atoms with Crippen LogP contribution in [0.25, 0.3) is 27.9 Å². The van der Waals surface area contributed by atoms with Crippen molar-refractivity contribution in [1.82, 2.24) is 9.97 Å². The van der Waals surface area contributed by atoms with E-state index in [0.29, 0.717) is 5.56 Å². The molecule has 1 aliphatic rings. The number of rotatable bonds is 2.